The van der Waals surface area contributed by atoms with E-state index in [1.807, 2.05) is 60.7 Å². The van der Waals surface area contributed by atoms with Crippen molar-refractivity contribution in [3.63, 3.8) is 0 Å². The predicted molar refractivity (Wildman–Crippen MR) is 161 cm³/mol. The Morgan fingerprint density at radius 2 is 1.29 bits per heavy atom. The van der Waals surface area contributed by atoms with E-state index >= 15 is 0 Å². The number of halogens is 1. The molecule has 0 spiro atoms. The van der Waals surface area contributed by atoms with Crippen molar-refractivity contribution < 1.29 is 48.7 Å². The van der Waals surface area contributed by atoms with Crippen LogP contribution in [0.4, 0.5) is 14.4 Å². The SMILES string of the molecule is O=C(O)Oc1cc(OC(=O)O)c(C(=O)N(Cc2ccc(-c3ccc(Cl)cc3)cc2)[C@H]2CCCc3ccccc32)cc1OC(=O)O. The van der Waals surface area contributed by atoms with Crippen molar-refractivity contribution >= 4 is 36.0 Å². The molecule has 1 atom stereocenters. The Bertz CT molecular complexity index is 1750. The van der Waals surface area contributed by atoms with Crippen LogP contribution >= 0.6 is 11.6 Å². The van der Waals surface area contributed by atoms with Gasteiger partial charge in [0.05, 0.1) is 11.6 Å². The number of aryl methyl sites for hydroxylation is 1. The van der Waals surface area contributed by atoms with Crippen LogP contribution in [0.5, 0.6) is 17.2 Å². The van der Waals surface area contributed by atoms with Crippen LogP contribution in [0.1, 0.15) is 45.9 Å². The van der Waals surface area contributed by atoms with Crippen LogP contribution in [-0.4, -0.2) is 44.6 Å². The predicted octanol–water partition coefficient (Wildman–Crippen LogP) is 7.90. The number of nitrogens with zero attached hydrogens (tertiary/aromatic N) is 1. The maximum absolute atomic E-state index is 14.4. The van der Waals surface area contributed by atoms with Gasteiger partial charge in [-0.15, -0.1) is 0 Å². The summed E-state index contributed by atoms with van der Waals surface area (Å²) in [6, 6.07) is 23.9. The zero-order valence-corrected chi connectivity index (χ0v) is 24.3. The van der Waals surface area contributed by atoms with Crippen molar-refractivity contribution in [3.8, 4) is 28.4 Å². The van der Waals surface area contributed by atoms with Gasteiger partial charge in [0, 0.05) is 23.7 Å². The first-order valence-electron chi connectivity index (χ1n) is 13.7. The third-order valence-corrected chi connectivity index (χ3v) is 7.58. The lowest BCUT2D eigenvalue weighted by atomic mass is 9.86. The summed E-state index contributed by atoms with van der Waals surface area (Å²) in [6.07, 6.45) is -3.24. The second-order valence-electron chi connectivity index (χ2n) is 10.1. The fraction of sp³-hybridized carbons (Fsp3) is 0.152. The molecule has 4 aromatic carbocycles. The summed E-state index contributed by atoms with van der Waals surface area (Å²) >= 11 is 6.03. The molecule has 0 bridgehead atoms. The van der Waals surface area contributed by atoms with Crippen molar-refractivity contribution in [3.05, 3.63) is 112 Å². The van der Waals surface area contributed by atoms with Gasteiger partial charge in [-0.05, 0) is 59.2 Å². The molecule has 0 fully saturated rings. The van der Waals surface area contributed by atoms with Gasteiger partial charge in [0.25, 0.3) is 5.91 Å². The number of carbonyl (C=O) groups is 4. The van der Waals surface area contributed by atoms with E-state index in [0.29, 0.717) is 11.4 Å². The van der Waals surface area contributed by atoms with Gasteiger partial charge in [-0.2, -0.15) is 0 Å². The number of carboxylic acid groups (broad SMARTS) is 3. The van der Waals surface area contributed by atoms with Gasteiger partial charge >= 0.3 is 18.5 Å². The second-order valence-corrected chi connectivity index (χ2v) is 10.6. The third-order valence-electron chi connectivity index (χ3n) is 7.33. The molecule has 0 radical (unpaired) electrons. The van der Waals surface area contributed by atoms with Crippen LogP contribution in [-0.2, 0) is 13.0 Å². The van der Waals surface area contributed by atoms with E-state index in [1.165, 1.54) is 0 Å². The highest BCUT2D eigenvalue weighted by molar-refractivity contribution is 6.30. The van der Waals surface area contributed by atoms with E-state index in [4.69, 9.17) is 26.2 Å². The minimum absolute atomic E-state index is 0.0910. The summed E-state index contributed by atoms with van der Waals surface area (Å²) in [7, 11) is 0. The highest BCUT2D eigenvalue weighted by Crippen LogP contribution is 2.40. The normalized spacial score (nSPS) is 13.7. The number of rotatable bonds is 8. The minimum Gasteiger partial charge on any atom is -0.449 e. The number of ether oxygens (including phenoxy) is 3. The molecule has 1 aliphatic carbocycles. The quantitative estimate of drug-likeness (QED) is 0.129. The maximum atomic E-state index is 14.4. The lowest BCUT2D eigenvalue weighted by Crippen LogP contribution is -2.36. The Kier molecular flexibility index (Phi) is 9.20. The molecule has 230 valence electrons. The average molecular weight is 632 g/mol. The molecule has 0 aromatic heterocycles. The van der Waals surface area contributed by atoms with Gasteiger partial charge in [-0.1, -0.05) is 72.3 Å². The zero-order chi connectivity index (χ0) is 32.1. The fourth-order valence-electron chi connectivity index (χ4n) is 5.41. The Labute approximate surface area is 261 Å². The van der Waals surface area contributed by atoms with Crippen LogP contribution in [0.2, 0.25) is 5.02 Å². The first-order chi connectivity index (χ1) is 21.6. The molecule has 0 saturated carbocycles. The van der Waals surface area contributed by atoms with E-state index in [0.717, 1.165) is 52.8 Å². The number of benzene rings is 4. The van der Waals surface area contributed by atoms with Crippen LogP contribution < -0.4 is 14.2 Å². The summed E-state index contributed by atoms with van der Waals surface area (Å²) < 4.78 is 14.2. The molecule has 45 heavy (non-hydrogen) atoms. The van der Waals surface area contributed by atoms with E-state index in [9.17, 15) is 29.4 Å². The molecule has 1 aliphatic rings. The van der Waals surface area contributed by atoms with Crippen molar-refractivity contribution in [2.45, 2.75) is 31.8 Å². The van der Waals surface area contributed by atoms with E-state index in [2.05, 4.69) is 4.74 Å². The second kappa shape index (κ2) is 13.4. The standard InChI is InChI=1S/C33H26ClNO10/c34-23-14-12-21(13-15-23)20-10-8-19(9-11-20)18-35(26-7-3-5-22-4-1-2-6-24(22)26)30(36)25-16-28(44-32(39)40)29(45-33(41)42)17-27(25)43-31(37)38/h1-2,4,6,8-17,26H,3,5,7,18H2,(H,37,38)(H,39,40)(H,41,42)/t26-/m0/s1. The van der Waals surface area contributed by atoms with Gasteiger partial charge in [0.15, 0.2) is 17.2 Å². The number of amides is 1. The molecular weight excluding hydrogens is 606 g/mol. The largest absolute Gasteiger partial charge is 0.511 e. The molecule has 0 aliphatic heterocycles. The fourth-order valence-corrected chi connectivity index (χ4v) is 5.53. The number of hydrogen-bond donors (Lipinski definition) is 3. The van der Waals surface area contributed by atoms with Crippen LogP contribution in [0.15, 0.2) is 84.9 Å². The lowest BCUT2D eigenvalue weighted by molar-refractivity contribution is 0.0633. The van der Waals surface area contributed by atoms with Crippen LogP contribution in [0.25, 0.3) is 11.1 Å². The molecule has 5 rings (SSSR count). The highest BCUT2D eigenvalue weighted by Gasteiger charge is 2.33. The monoisotopic (exact) mass is 631 g/mol. The van der Waals surface area contributed by atoms with Crippen molar-refractivity contribution in [1.82, 2.24) is 4.90 Å². The molecule has 1 amide bonds. The van der Waals surface area contributed by atoms with E-state index < -0.39 is 47.7 Å². The third kappa shape index (κ3) is 7.34. The topological polar surface area (TPSA) is 160 Å². The molecular formula is C33H26ClNO10. The van der Waals surface area contributed by atoms with Gasteiger partial charge < -0.3 is 34.4 Å². The van der Waals surface area contributed by atoms with Crippen molar-refractivity contribution in [1.29, 1.82) is 0 Å². The van der Waals surface area contributed by atoms with Gasteiger partial charge in [-0.25, -0.2) is 14.4 Å². The van der Waals surface area contributed by atoms with Crippen LogP contribution in [0, 0.1) is 0 Å². The summed E-state index contributed by atoms with van der Waals surface area (Å²) in [4.78, 5) is 50.3. The number of hydrogen-bond acceptors (Lipinski definition) is 7. The number of fused-ring (bicyclic) bond motifs is 1. The highest BCUT2D eigenvalue weighted by atomic mass is 35.5. The molecule has 0 heterocycles. The molecule has 3 N–H and O–H groups in total. The summed E-state index contributed by atoms with van der Waals surface area (Å²) in [5.74, 6) is -2.58. The Hall–Kier alpha value is -5.55. The van der Waals surface area contributed by atoms with E-state index in [-0.39, 0.29) is 12.1 Å². The Morgan fingerprint density at radius 1 is 0.733 bits per heavy atom. The molecule has 0 saturated heterocycles. The number of carbonyl (C=O) groups excluding carboxylic acids is 1. The summed E-state index contributed by atoms with van der Waals surface area (Å²) in [6.45, 7) is 0.0910. The van der Waals surface area contributed by atoms with Gasteiger partial charge in [-0.3, -0.25) is 4.79 Å². The minimum atomic E-state index is -1.83. The van der Waals surface area contributed by atoms with Crippen molar-refractivity contribution in [2.24, 2.45) is 0 Å². The smallest absolute Gasteiger partial charge is 0.449 e. The van der Waals surface area contributed by atoms with Gasteiger partial charge in [0.2, 0.25) is 0 Å². The first kappa shape index (κ1) is 30.9. The maximum Gasteiger partial charge on any atom is 0.511 e. The Balaban J connectivity index is 1.59. The molecule has 4 aromatic rings. The van der Waals surface area contributed by atoms with Crippen LogP contribution in [0.3, 0.4) is 0 Å². The molecule has 12 heteroatoms. The Morgan fingerprint density at radius 3 is 1.91 bits per heavy atom. The summed E-state index contributed by atoms with van der Waals surface area (Å²) in [5.41, 5.74) is 4.25. The van der Waals surface area contributed by atoms with Gasteiger partial charge in [0.1, 0.15) is 0 Å². The molecule has 0 unspecified atom stereocenters. The first-order valence-corrected chi connectivity index (χ1v) is 14.1. The zero-order valence-electron chi connectivity index (χ0n) is 23.5. The lowest BCUT2D eigenvalue weighted by Gasteiger charge is -2.36. The van der Waals surface area contributed by atoms with Crippen molar-refractivity contribution in [2.75, 3.05) is 0 Å². The van der Waals surface area contributed by atoms with E-state index in [1.54, 1.807) is 17.0 Å². The summed E-state index contributed by atoms with van der Waals surface area (Å²) in [5, 5.41) is 28.4. The average Bonchev–Trinajstić information content (AvgIpc) is 3.00. The molecule has 11 nitrogen and oxygen atoms in total.